The summed E-state index contributed by atoms with van der Waals surface area (Å²) in [5.41, 5.74) is -0.0546. The molecule has 2 N–H and O–H groups in total. The van der Waals surface area contributed by atoms with Gasteiger partial charge in [0.15, 0.2) is 0 Å². The molecule has 0 spiro atoms. The molecular formula is C16H21F2NO4. The van der Waals surface area contributed by atoms with Gasteiger partial charge in [-0.2, -0.15) is 8.78 Å². The summed E-state index contributed by atoms with van der Waals surface area (Å²) in [4.78, 5) is 22.6. The Morgan fingerprint density at radius 2 is 1.87 bits per heavy atom. The highest BCUT2D eigenvalue weighted by molar-refractivity contribution is 5.76. The Kier molecular flexibility index (Phi) is 6.93. The number of carboxylic acids is 1. The SMILES string of the molecule is CC(C)(CCNC(=O)CCc1ccc(OC(F)F)cc1)C(=O)O. The van der Waals surface area contributed by atoms with E-state index in [-0.39, 0.29) is 18.1 Å². The van der Waals surface area contributed by atoms with Crippen LogP contribution in [0.3, 0.4) is 0 Å². The van der Waals surface area contributed by atoms with Gasteiger partial charge in [0, 0.05) is 13.0 Å². The molecule has 1 rings (SSSR count). The van der Waals surface area contributed by atoms with E-state index < -0.39 is 18.0 Å². The van der Waals surface area contributed by atoms with Gasteiger partial charge in [-0.3, -0.25) is 9.59 Å². The Morgan fingerprint density at radius 3 is 2.39 bits per heavy atom. The third kappa shape index (κ3) is 7.08. The first kappa shape index (κ1) is 18.9. The van der Waals surface area contributed by atoms with Gasteiger partial charge in [-0.25, -0.2) is 0 Å². The number of hydrogen-bond donors (Lipinski definition) is 2. The first-order valence-corrected chi connectivity index (χ1v) is 7.24. The van der Waals surface area contributed by atoms with Gasteiger partial charge in [-0.15, -0.1) is 0 Å². The van der Waals surface area contributed by atoms with Crippen molar-refractivity contribution < 1.29 is 28.2 Å². The number of carboxylic acid groups (broad SMARTS) is 1. The summed E-state index contributed by atoms with van der Waals surface area (Å²) >= 11 is 0. The number of aliphatic carboxylic acids is 1. The number of benzene rings is 1. The summed E-state index contributed by atoms with van der Waals surface area (Å²) in [6, 6.07) is 6.10. The van der Waals surface area contributed by atoms with E-state index in [4.69, 9.17) is 5.11 Å². The van der Waals surface area contributed by atoms with Gasteiger partial charge < -0.3 is 15.2 Å². The number of carbonyl (C=O) groups is 2. The highest BCUT2D eigenvalue weighted by Crippen LogP contribution is 2.19. The van der Waals surface area contributed by atoms with Crippen molar-refractivity contribution in [1.29, 1.82) is 0 Å². The van der Waals surface area contributed by atoms with E-state index in [0.29, 0.717) is 19.4 Å². The summed E-state index contributed by atoms with van der Waals surface area (Å²) in [6.45, 7) is 0.635. The molecule has 0 fully saturated rings. The van der Waals surface area contributed by atoms with Crippen LogP contribution in [0.15, 0.2) is 24.3 Å². The van der Waals surface area contributed by atoms with Gasteiger partial charge in [-0.1, -0.05) is 12.1 Å². The number of hydrogen-bond acceptors (Lipinski definition) is 3. The first-order chi connectivity index (χ1) is 10.7. The van der Waals surface area contributed by atoms with E-state index >= 15 is 0 Å². The van der Waals surface area contributed by atoms with Crippen LogP contribution in [-0.2, 0) is 16.0 Å². The molecule has 0 saturated heterocycles. The minimum absolute atomic E-state index is 0.0732. The zero-order chi connectivity index (χ0) is 17.5. The van der Waals surface area contributed by atoms with E-state index in [9.17, 15) is 18.4 Å². The molecule has 5 nitrogen and oxygen atoms in total. The average Bonchev–Trinajstić information content (AvgIpc) is 2.45. The Bertz CT molecular complexity index is 529. The third-order valence-electron chi connectivity index (χ3n) is 3.44. The van der Waals surface area contributed by atoms with Crippen LogP contribution in [0.1, 0.15) is 32.3 Å². The maximum atomic E-state index is 12.0. The number of carbonyl (C=O) groups excluding carboxylic acids is 1. The number of rotatable bonds is 9. The van der Waals surface area contributed by atoms with Gasteiger partial charge >= 0.3 is 12.6 Å². The van der Waals surface area contributed by atoms with Crippen LogP contribution in [0.25, 0.3) is 0 Å². The van der Waals surface area contributed by atoms with Crippen LogP contribution < -0.4 is 10.1 Å². The molecule has 23 heavy (non-hydrogen) atoms. The number of alkyl halides is 2. The number of aryl methyl sites for hydroxylation is 1. The minimum atomic E-state index is -2.86. The van der Waals surface area contributed by atoms with E-state index in [1.165, 1.54) is 12.1 Å². The second-order valence-corrected chi connectivity index (χ2v) is 5.81. The minimum Gasteiger partial charge on any atom is -0.481 e. The lowest BCUT2D eigenvalue weighted by Gasteiger charge is -2.18. The molecule has 1 aromatic carbocycles. The van der Waals surface area contributed by atoms with Crippen LogP contribution in [0.4, 0.5) is 8.78 Å². The molecule has 0 radical (unpaired) electrons. The topological polar surface area (TPSA) is 75.6 Å². The first-order valence-electron chi connectivity index (χ1n) is 7.24. The molecule has 0 atom stereocenters. The van der Waals surface area contributed by atoms with E-state index in [0.717, 1.165) is 5.56 Å². The van der Waals surface area contributed by atoms with Crippen molar-refractivity contribution in [2.45, 2.75) is 39.7 Å². The van der Waals surface area contributed by atoms with Crippen molar-refractivity contribution in [1.82, 2.24) is 5.32 Å². The monoisotopic (exact) mass is 329 g/mol. The lowest BCUT2D eigenvalue weighted by molar-refractivity contribution is -0.147. The van der Waals surface area contributed by atoms with E-state index in [1.54, 1.807) is 26.0 Å². The highest BCUT2D eigenvalue weighted by Gasteiger charge is 2.26. The van der Waals surface area contributed by atoms with Gasteiger partial charge in [0.1, 0.15) is 5.75 Å². The quantitative estimate of drug-likeness (QED) is 0.730. The van der Waals surface area contributed by atoms with Crippen LogP contribution in [0.5, 0.6) is 5.75 Å². The van der Waals surface area contributed by atoms with Crippen LogP contribution in [0, 0.1) is 5.41 Å². The molecule has 1 aromatic rings. The predicted octanol–water partition coefficient (Wildman–Crippen LogP) is 2.84. The Balaban J connectivity index is 2.32. The highest BCUT2D eigenvalue weighted by atomic mass is 19.3. The average molecular weight is 329 g/mol. The van der Waals surface area contributed by atoms with Crippen molar-refractivity contribution in [2.24, 2.45) is 5.41 Å². The third-order valence-corrected chi connectivity index (χ3v) is 3.44. The molecule has 7 heteroatoms. The van der Waals surface area contributed by atoms with E-state index in [2.05, 4.69) is 10.1 Å². The standard InChI is InChI=1S/C16H21F2NO4/c1-16(2,14(21)22)9-10-19-13(20)8-5-11-3-6-12(7-4-11)23-15(17)18/h3-4,6-7,15H,5,8-10H2,1-2H3,(H,19,20)(H,21,22). The largest absolute Gasteiger partial charge is 0.481 e. The zero-order valence-corrected chi connectivity index (χ0v) is 13.1. The number of ether oxygens (including phenoxy) is 1. The molecule has 0 aliphatic heterocycles. The van der Waals surface area contributed by atoms with Gasteiger partial charge in [-0.05, 0) is 44.4 Å². The maximum absolute atomic E-state index is 12.0. The molecular weight excluding hydrogens is 308 g/mol. The molecule has 0 unspecified atom stereocenters. The Hall–Kier alpha value is -2.18. The molecule has 0 bridgehead atoms. The fourth-order valence-electron chi connectivity index (χ4n) is 1.81. The zero-order valence-electron chi connectivity index (χ0n) is 13.1. The van der Waals surface area contributed by atoms with Crippen molar-refractivity contribution in [3.63, 3.8) is 0 Å². The smallest absolute Gasteiger partial charge is 0.387 e. The fraction of sp³-hybridized carbons (Fsp3) is 0.500. The summed E-state index contributed by atoms with van der Waals surface area (Å²) in [7, 11) is 0. The Labute approximate surface area is 133 Å². The van der Waals surface area contributed by atoms with Gasteiger partial charge in [0.05, 0.1) is 5.41 Å². The summed E-state index contributed by atoms with van der Waals surface area (Å²) < 4.78 is 28.3. The lowest BCUT2D eigenvalue weighted by atomic mass is 9.90. The molecule has 0 aliphatic rings. The number of amides is 1. The summed E-state index contributed by atoms with van der Waals surface area (Å²) in [6.07, 6.45) is 1.04. The maximum Gasteiger partial charge on any atom is 0.387 e. The molecule has 0 aliphatic carbocycles. The van der Waals surface area contributed by atoms with Crippen molar-refractivity contribution in [3.05, 3.63) is 29.8 Å². The van der Waals surface area contributed by atoms with Crippen molar-refractivity contribution in [3.8, 4) is 5.75 Å². The van der Waals surface area contributed by atoms with Gasteiger partial charge in [0.2, 0.25) is 5.91 Å². The lowest BCUT2D eigenvalue weighted by Crippen LogP contribution is -2.32. The second kappa shape index (κ2) is 8.45. The second-order valence-electron chi connectivity index (χ2n) is 5.81. The Morgan fingerprint density at radius 1 is 1.26 bits per heavy atom. The number of halogens is 2. The summed E-state index contributed by atoms with van der Waals surface area (Å²) in [5.74, 6) is -1.01. The van der Waals surface area contributed by atoms with Crippen molar-refractivity contribution >= 4 is 11.9 Å². The molecule has 0 saturated carbocycles. The van der Waals surface area contributed by atoms with Crippen LogP contribution in [-0.4, -0.2) is 30.1 Å². The molecule has 1 amide bonds. The predicted molar refractivity (Wildman–Crippen MR) is 80.4 cm³/mol. The van der Waals surface area contributed by atoms with Crippen LogP contribution in [0.2, 0.25) is 0 Å². The van der Waals surface area contributed by atoms with E-state index in [1.807, 2.05) is 0 Å². The molecule has 0 heterocycles. The normalized spacial score (nSPS) is 11.3. The summed E-state index contributed by atoms with van der Waals surface area (Å²) in [5, 5.41) is 11.6. The number of nitrogens with one attached hydrogen (secondary N) is 1. The van der Waals surface area contributed by atoms with Gasteiger partial charge in [0.25, 0.3) is 0 Å². The molecule has 0 aromatic heterocycles. The molecule has 128 valence electrons. The van der Waals surface area contributed by atoms with Crippen LogP contribution >= 0.6 is 0 Å². The fourth-order valence-corrected chi connectivity index (χ4v) is 1.81. The van der Waals surface area contributed by atoms with Crippen molar-refractivity contribution in [2.75, 3.05) is 6.54 Å².